The zero-order valence-electron chi connectivity index (χ0n) is 18.6. The third-order valence-electron chi connectivity index (χ3n) is 4.92. The predicted molar refractivity (Wildman–Crippen MR) is 129 cm³/mol. The first-order valence-corrected chi connectivity index (χ1v) is 11.3. The molecule has 3 aromatic rings. The Morgan fingerprint density at radius 2 is 1.79 bits per heavy atom. The molecule has 34 heavy (non-hydrogen) atoms. The number of non-ortho nitro benzene ring substituents is 1. The molecule has 176 valence electrons. The van der Waals surface area contributed by atoms with Crippen LogP contribution in [-0.2, 0) is 11.2 Å². The maximum atomic E-state index is 12.8. The van der Waals surface area contributed by atoms with Gasteiger partial charge in [-0.3, -0.25) is 19.7 Å². The molecule has 0 saturated carbocycles. The molecule has 2 N–H and O–H groups in total. The van der Waals surface area contributed by atoms with Crippen LogP contribution in [0.3, 0.4) is 0 Å². The van der Waals surface area contributed by atoms with Crippen molar-refractivity contribution in [2.24, 2.45) is 0 Å². The van der Waals surface area contributed by atoms with E-state index in [2.05, 4.69) is 10.6 Å². The highest BCUT2D eigenvalue weighted by atomic mass is 32.1. The van der Waals surface area contributed by atoms with Crippen molar-refractivity contribution in [1.82, 2.24) is 5.32 Å². The number of hydrogen-bond acceptors (Lipinski definition) is 7. The number of amides is 2. The normalized spacial score (nSPS) is 10.4. The molecule has 3 rings (SSSR count). The summed E-state index contributed by atoms with van der Waals surface area (Å²) in [5.74, 6) is -1.69. The third-order valence-corrected chi connectivity index (χ3v) is 6.13. The van der Waals surface area contributed by atoms with Crippen molar-refractivity contribution in [3.8, 4) is 0 Å². The Labute approximate surface area is 199 Å². The lowest BCUT2D eigenvalue weighted by molar-refractivity contribution is -0.384. The highest BCUT2D eigenvalue weighted by Gasteiger charge is 2.27. The summed E-state index contributed by atoms with van der Waals surface area (Å²) in [4.78, 5) is 48.9. The molecule has 0 fully saturated rings. The van der Waals surface area contributed by atoms with E-state index in [1.165, 1.54) is 18.2 Å². The van der Waals surface area contributed by atoms with Gasteiger partial charge in [-0.25, -0.2) is 4.79 Å². The van der Waals surface area contributed by atoms with Gasteiger partial charge in [-0.15, -0.1) is 11.3 Å². The molecule has 2 aromatic carbocycles. The van der Waals surface area contributed by atoms with Crippen LogP contribution >= 0.6 is 11.3 Å². The van der Waals surface area contributed by atoms with Crippen LogP contribution < -0.4 is 10.6 Å². The van der Waals surface area contributed by atoms with Crippen molar-refractivity contribution >= 4 is 39.8 Å². The summed E-state index contributed by atoms with van der Waals surface area (Å²) in [5.41, 5.74) is 1.35. The summed E-state index contributed by atoms with van der Waals surface area (Å²) in [6, 6.07) is 14.9. The zero-order chi connectivity index (χ0) is 24.7. The fraction of sp³-hybridized carbons (Fsp3) is 0.208. The van der Waals surface area contributed by atoms with Gasteiger partial charge in [0.25, 0.3) is 17.5 Å². The van der Waals surface area contributed by atoms with Crippen LogP contribution in [0.2, 0.25) is 0 Å². The number of esters is 1. The summed E-state index contributed by atoms with van der Waals surface area (Å²) < 4.78 is 5.11. The molecule has 9 nitrogen and oxygen atoms in total. The van der Waals surface area contributed by atoms with Crippen molar-refractivity contribution in [3.63, 3.8) is 0 Å². The number of nitro groups is 1. The molecule has 0 aliphatic heterocycles. The monoisotopic (exact) mass is 481 g/mol. The first-order chi connectivity index (χ1) is 16.3. The van der Waals surface area contributed by atoms with Gasteiger partial charge in [0.15, 0.2) is 0 Å². The highest BCUT2D eigenvalue weighted by Crippen LogP contribution is 2.34. The number of benzene rings is 2. The molecule has 0 radical (unpaired) electrons. The van der Waals surface area contributed by atoms with Crippen molar-refractivity contribution in [2.75, 3.05) is 18.5 Å². The first-order valence-electron chi connectivity index (χ1n) is 10.5. The lowest BCUT2D eigenvalue weighted by Crippen LogP contribution is -2.25. The number of thiophene rings is 1. The lowest BCUT2D eigenvalue weighted by Gasteiger charge is -2.07. The van der Waals surface area contributed by atoms with Crippen molar-refractivity contribution < 1.29 is 24.0 Å². The Morgan fingerprint density at radius 1 is 1.06 bits per heavy atom. The number of nitro benzene ring substituents is 1. The number of nitrogens with zero attached hydrogens (tertiary/aromatic N) is 1. The summed E-state index contributed by atoms with van der Waals surface area (Å²) in [6.45, 7) is 3.77. The van der Waals surface area contributed by atoms with Crippen molar-refractivity contribution in [3.05, 3.63) is 91.8 Å². The van der Waals surface area contributed by atoms with Crippen LogP contribution in [0.5, 0.6) is 0 Å². The summed E-state index contributed by atoms with van der Waals surface area (Å²) >= 11 is 0.949. The van der Waals surface area contributed by atoms with Gasteiger partial charge in [0.2, 0.25) is 0 Å². The predicted octanol–water partition coefficient (Wildman–Crippen LogP) is 4.37. The van der Waals surface area contributed by atoms with Gasteiger partial charge in [-0.1, -0.05) is 36.4 Å². The molecule has 0 saturated heterocycles. The zero-order valence-corrected chi connectivity index (χ0v) is 19.4. The van der Waals surface area contributed by atoms with E-state index in [0.29, 0.717) is 18.5 Å². The molecule has 0 aliphatic carbocycles. The quantitative estimate of drug-likeness (QED) is 0.265. The Morgan fingerprint density at radius 3 is 2.47 bits per heavy atom. The number of ether oxygens (including phenoxy) is 1. The minimum Gasteiger partial charge on any atom is -0.462 e. The second-order valence-corrected chi connectivity index (χ2v) is 8.25. The SMILES string of the molecule is CCOC(=O)c1c(NC(=O)c2cccc([N+](=O)[O-])c2)sc(C(=O)NCCc2ccccc2)c1C. The van der Waals surface area contributed by atoms with E-state index in [4.69, 9.17) is 4.74 Å². The molecular weight excluding hydrogens is 458 g/mol. The van der Waals surface area contributed by atoms with Crippen LogP contribution in [0.4, 0.5) is 10.7 Å². The standard InChI is InChI=1S/C24H23N3O6S/c1-3-33-24(30)19-15(2)20(22(29)25-13-12-16-8-5-4-6-9-16)34-23(19)26-21(28)17-10-7-11-18(14-17)27(31)32/h4-11,14H,3,12-13H2,1-2H3,(H,25,29)(H,26,28). The van der Waals surface area contributed by atoms with Crippen LogP contribution in [0.25, 0.3) is 0 Å². The van der Waals surface area contributed by atoms with E-state index in [9.17, 15) is 24.5 Å². The summed E-state index contributed by atoms with van der Waals surface area (Å²) in [5, 5.41) is 16.6. The summed E-state index contributed by atoms with van der Waals surface area (Å²) in [7, 11) is 0. The molecule has 0 unspecified atom stereocenters. The molecule has 10 heteroatoms. The Balaban J connectivity index is 1.83. The number of nitrogens with one attached hydrogen (secondary N) is 2. The number of rotatable bonds is 9. The maximum absolute atomic E-state index is 12.8. The average Bonchev–Trinajstić information content (AvgIpc) is 3.15. The molecule has 0 spiro atoms. The van der Waals surface area contributed by atoms with Gasteiger partial charge < -0.3 is 15.4 Å². The van der Waals surface area contributed by atoms with Crippen LogP contribution in [0.1, 0.15) is 48.4 Å². The average molecular weight is 482 g/mol. The molecule has 1 aromatic heterocycles. The third kappa shape index (κ3) is 5.84. The maximum Gasteiger partial charge on any atom is 0.341 e. The van der Waals surface area contributed by atoms with Gasteiger partial charge in [-0.2, -0.15) is 0 Å². The van der Waals surface area contributed by atoms with Gasteiger partial charge in [0.1, 0.15) is 5.00 Å². The van der Waals surface area contributed by atoms with Gasteiger partial charge in [0.05, 0.1) is 22.0 Å². The Kier molecular flexibility index (Phi) is 8.10. The van der Waals surface area contributed by atoms with E-state index < -0.39 is 16.8 Å². The molecule has 1 heterocycles. The van der Waals surface area contributed by atoms with Crippen molar-refractivity contribution in [2.45, 2.75) is 20.3 Å². The van der Waals surface area contributed by atoms with E-state index in [0.717, 1.165) is 23.0 Å². The van der Waals surface area contributed by atoms with E-state index >= 15 is 0 Å². The second-order valence-electron chi connectivity index (χ2n) is 7.23. The summed E-state index contributed by atoms with van der Waals surface area (Å²) in [6.07, 6.45) is 0.637. The van der Waals surface area contributed by atoms with Gasteiger partial charge >= 0.3 is 5.97 Å². The first kappa shape index (κ1) is 24.6. The lowest BCUT2D eigenvalue weighted by atomic mass is 10.1. The fourth-order valence-electron chi connectivity index (χ4n) is 3.25. The molecule has 0 atom stereocenters. The smallest absolute Gasteiger partial charge is 0.341 e. The van der Waals surface area contributed by atoms with Gasteiger partial charge in [0, 0.05) is 24.2 Å². The van der Waals surface area contributed by atoms with E-state index in [-0.39, 0.29) is 39.2 Å². The van der Waals surface area contributed by atoms with Crippen LogP contribution in [0.15, 0.2) is 54.6 Å². The molecule has 0 aliphatic rings. The fourth-order valence-corrected chi connectivity index (χ4v) is 4.35. The van der Waals surface area contributed by atoms with E-state index in [1.54, 1.807) is 13.8 Å². The number of hydrogen-bond donors (Lipinski definition) is 2. The molecule has 0 bridgehead atoms. The van der Waals surface area contributed by atoms with Crippen LogP contribution in [-0.4, -0.2) is 35.9 Å². The van der Waals surface area contributed by atoms with Crippen molar-refractivity contribution in [1.29, 1.82) is 0 Å². The second kappa shape index (κ2) is 11.2. The Bertz CT molecular complexity index is 1220. The van der Waals surface area contributed by atoms with Crippen LogP contribution in [0, 0.1) is 17.0 Å². The Hall–Kier alpha value is -4.05. The largest absolute Gasteiger partial charge is 0.462 e. The number of anilines is 1. The topological polar surface area (TPSA) is 128 Å². The minimum atomic E-state index is -0.672. The minimum absolute atomic E-state index is 0.0453. The number of carbonyl (C=O) groups excluding carboxylic acids is 3. The van der Waals surface area contributed by atoms with Gasteiger partial charge in [-0.05, 0) is 37.5 Å². The number of carbonyl (C=O) groups is 3. The highest BCUT2D eigenvalue weighted by molar-refractivity contribution is 7.18. The molecular formula is C24H23N3O6S. The molecule has 2 amide bonds. The van der Waals surface area contributed by atoms with E-state index in [1.807, 2.05) is 30.3 Å².